The molecule has 3 aromatic rings. The van der Waals surface area contributed by atoms with Gasteiger partial charge in [-0.05, 0) is 6.07 Å². The van der Waals surface area contributed by atoms with E-state index in [4.69, 9.17) is 0 Å². The standard InChI is InChI=1S/C20H18FN5O2/c21-16-10-15(12-22-13-16)20(28)26-8-6-25(7-9-26)17-11-18(27)23-24-19(17)14-4-2-1-3-5-14/h1-5,10-13H,6-9H2,(H,23,27). The van der Waals surface area contributed by atoms with Crippen molar-refractivity contribution in [1.29, 1.82) is 0 Å². The van der Waals surface area contributed by atoms with Crippen LogP contribution in [0.15, 0.2) is 59.7 Å². The highest BCUT2D eigenvalue weighted by atomic mass is 19.1. The Morgan fingerprint density at radius 1 is 1.04 bits per heavy atom. The minimum atomic E-state index is -0.536. The lowest BCUT2D eigenvalue weighted by atomic mass is 10.1. The number of H-pyrrole nitrogens is 1. The lowest BCUT2D eigenvalue weighted by Crippen LogP contribution is -2.49. The van der Waals surface area contributed by atoms with Gasteiger partial charge in [-0.25, -0.2) is 9.49 Å². The second kappa shape index (κ2) is 7.59. The fourth-order valence-electron chi connectivity index (χ4n) is 3.30. The summed E-state index contributed by atoms with van der Waals surface area (Å²) in [7, 11) is 0. The van der Waals surface area contributed by atoms with Crippen molar-refractivity contribution < 1.29 is 9.18 Å². The van der Waals surface area contributed by atoms with Gasteiger partial charge >= 0.3 is 0 Å². The number of rotatable bonds is 3. The Morgan fingerprint density at radius 3 is 2.50 bits per heavy atom. The van der Waals surface area contributed by atoms with E-state index in [2.05, 4.69) is 15.2 Å². The van der Waals surface area contributed by atoms with E-state index in [1.54, 1.807) is 4.90 Å². The molecular formula is C20H18FN5O2. The molecule has 1 N–H and O–H groups in total. The number of nitrogens with one attached hydrogen (secondary N) is 1. The van der Waals surface area contributed by atoms with Gasteiger partial charge < -0.3 is 9.80 Å². The third-order valence-electron chi connectivity index (χ3n) is 4.69. The average molecular weight is 379 g/mol. The number of aromatic nitrogens is 3. The van der Waals surface area contributed by atoms with E-state index < -0.39 is 5.82 Å². The fourth-order valence-corrected chi connectivity index (χ4v) is 3.30. The highest BCUT2D eigenvalue weighted by Crippen LogP contribution is 2.27. The molecule has 2 aromatic heterocycles. The van der Waals surface area contributed by atoms with E-state index in [1.807, 2.05) is 35.2 Å². The largest absolute Gasteiger partial charge is 0.366 e. The van der Waals surface area contributed by atoms with Gasteiger partial charge in [-0.2, -0.15) is 5.10 Å². The maximum Gasteiger partial charge on any atom is 0.266 e. The van der Waals surface area contributed by atoms with Gasteiger partial charge in [-0.3, -0.25) is 14.6 Å². The van der Waals surface area contributed by atoms with E-state index in [9.17, 15) is 14.0 Å². The molecule has 0 bridgehead atoms. The van der Waals surface area contributed by atoms with E-state index >= 15 is 0 Å². The van der Waals surface area contributed by atoms with Crippen molar-refractivity contribution in [1.82, 2.24) is 20.1 Å². The van der Waals surface area contributed by atoms with Crippen LogP contribution in [0.5, 0.6) is 0 Å². The predicted octanol–water partition coefficient (Wildman–Crippen LogP) is 1.93. The highest BCUT2D eigenvalue weighted by molar-refractivity contribution is 5.94. The number of pyridine rings is 1. The van der Waals surface area contributed by atoms with Gasteiger partial charge in [0.1, 0.15) is 11.5 Å². The highest BCUT2D eigenvalue weighted by Gasteiger charge is 2.25. The Balaban J connectivity index is 1.54. The molecule has 1 saturated heterocycles. The van der Waals surface area contributed by atoms with Crippen molar-refractivity contribution in [3.05, 3.63) is 76.6 Å². The van der Waals surface area contributed by atoms with Crippen molar-refractivity contribution in [2.24, 2.45) is 0 Å². The zero-order valence-corrected chi connectivity index (χ0v) is 15.0. The maximum atomic E-state index is 13.3. The number of halogens is 1. The topological polar surface area (TPSA) is 82.2 Å². The van der Waals surface area contributed by atoms with Crippen LogP contribution in [0.25, 0.3) is 11.3 Å². The zero-order valence-electron chi connectivity index (χ0n) is 15.0. The number of benzene rings is 1. The Labute approximate surface area is 160 Å². The lowest BCUT2D eigenvalue weighted by Gasteiger charge is -2.36. The molecule has 1 aliphatic heterocycles. The Kier molecular flexibility index (Phi) is 4.84. The number of carbonyl (C=O) groups excluding carboxylic acids is 1. The van der Waals surface area contributed by atoms with Gasteiger partial charge in [0, 0.05) is 44.0 Å². The quantitative estimate of drug-likeness (QED) is 0.752. The molecule has 0 radical (unpaired) electrons. The van der Waals surface area contributed by atoms with Crippen LogP contribution >= 0.6 is 0 Å². The lowest BCUT2D eigenvalue weighted by molar-refractivity contribution is 0.0746. The van der Waals surface area contributed by atoms with Crippen LogP contribution in [-0.2, 0) is 0 Å². The molecule has 4 rings (SSSR count). The van der Waals surface area contributed by atoms with Gasteiger partial charge in [0.05, 0.1) is 17.4 Å². The smallest absolute Gasteiger partial charge is 0.266 e. The fraction of sp³-hybridized carbons (Fsp3) is 0.200. The minimum absolute atomic E-state index is 0.233. The van der Waals surface area contributed by atoms with Crippen LogP contribution in [0.1, 0.15) is 10.4 Å². The van der Waals surface area contributed by atoms with E-state index in [-0.39, 0.29) is 17.0 Å². The van der Waals surface area contributed by atoms with Gasteiger partial charge in [0.25, 0.3) is 11.5 Å². The van der Waals surface area contributed by atoms with Gasteiger partial charge in [-0.1, -0.05) is 30.3 Å². The summed E-state index contributed by atoms with van der Waals surface area (Å²) in [5, 5.41) is 6.72. The van der Waals surface area contributed by atoms with Crippen molar-refractivity contribution in [3.8, 4) is 11.3 Å². The molecule has 8 heteroatoms. The monoisotopic (exact) mass is 379 g/mol. The molecule has 1 amide bonds. The molecule has 1 aliphatic rings. The third-order valence-corrected chi connectivity index (χ3v) is 4.69. The molecule has 0 aliphatic carbocycles. The van der Waals surface area contributed by atoms with Crippen LogP contribution in [0.3, 0.4) is 0 Å². The summed E-state index contributed by atoms with van der Waals surface area (Å²) >= 11 is 0. The molecule has 28 heavy (non-hydrogen) atoms. The molecule has 0 unspecified atom stereocenters. The summed E-state index contributed by atoms with van der Waals surface area (Å²) in [6, 6.07) is 12.3. The zero-order chi connectivity index (χ0) is 19.5. The third kappa shape index (κ3) is 3.62. The molecule has 1 aromatic carbocycles. The number of hydrogen-bond acceptors (Lipinski definition) is 5. The first-order valence-electron chi connectivity index (χ1n) is 8.92. The van der Waals surface area contributed by atoms with Crippen LogP contribution < -0.4 is 10.5 Å². The van der Waals surface area contributed by atoms with E-state index in [1.165, 1.54) is 18.3 Å². The first-order valence-corrected chi connectivity index (χ1v) is 8.92. The second-order valence-electron chi connectivity index (χ2n) is 6.50. The molecule has 0 saturated carbocycles. The first-order chi connectivity index (χ1) is 13.6. The molecular weight excluding hydrogens is 361 g/mol. The molecule has 142 valence electrons. The van der Waals surface area contributed by atoms with Crippen LogP contribution in [0, 0.1) is 5.82 Å². The molecule has 3 heterocycles. The number of hydrogen-bond donors (Lipinski definition) is 1. The molecule has 0 spiro atoms. The van der Waals surface area contributed by atoms with Crippen molar-refractivity contribution in [2.75, 3.05) is 31.1 Å². The predicted molar refractivity (Wildman–Crippen MR) is 103 cm³/mol. The molecule has 7 nitrogen and oxygen atoms in total. The molecule has 0 atom stereocenters. The molecule has 1 fully saturated rings. The SMILES string of the molecule is O=C(c1cncc(F)c1)N1CCN(c2cc(=O)[nH]nc2-c2ccccc2)CC1. The van der Waals surface area contributed by atoms with Crippen LogP contribution in [-0.4, -0.2) is 52.2 Å². The number of piperazine rings is 1. The number of amides is 1. The Hall–Kier alpha value is -3.55. The number of aromatic amines is 1. The normalized spacial score (nSPS) is 14.2. The first kappa shape index (κ1) is 17.8. The second-order valence-corrected chi connectivity index (χ2v) is 6.50. The summed E-state index contributed by atoms with van der Waals surface area (Å²) in [6.07, 6.45) is 2.44. The Morgan fingerprint density at radius 2 is 1.79 bits per heavy atom. The Bertz CT molecular complexity index is 1050. The number of anilines is 1. The summed E-state index contributed by atoms with van der Waals surface area (Å²) < 4.78 is 13.3. The van der Waals surface area contributed by atoms with E-state index in [0.717, 1.165) is 17.4 Å². The summed E-state index contributed by atoms with van der Waals surface area (Å²) in [5.74, 6) is -0.787. The van der Waals surface area contributed by atoms with Crippen LogP contribution in [0.4, 0.5) is 10.1 Å². The maximum absolute atomic E-state index is 13.3. The number of carbonyl (C=O) groups is 1. The van der Waals surface area contributed by atoms with Crippen molar-refractivity contribution in [2.45, 2.75) is 0 Å². The van der Waals surface area contributed by atoms with Gasteiger partial charge in [0.15, 0.2) is 0 Å². The van der Waals surface area contributed by atoms with E-state index in [0.29, 0.717) is 31.9 Å². The number of nitrogens with zero attached hydrogens (tertiary/aromatic N) is 4. The van der Waals surface area contributed by atoms with Gasteiger partial charge in [0.2, 0.25) is 0 Å². The van der Waals surface area contributed by atoms with Crippen LogP contribution in [0.2, 0.25) is 0 Å². The summed E-state index contributed by atoms with van der Waals surface area (Å²) in [4.78, 5) is 31.9. The summed E-state index contributed by atoms with van der Waals surface area (Å²) in [5.41, 5.74) is 2.28. The van der Waals surface area contributed by atoms with Crippen molar-refractivity contribution >= 4 is 11.6 Å². The van der Waals surface area contributed by atoms with Crippen molar-refractivity contribution in [3.63, 3.8) is 0 Å². The average Bonchev–Trinajstić information content (AvgIpc) is 2.74. The summed E-state index contributed by atoms with van der Waals surface area (Å²) in [6.45, 7) is 1.99. The van der Waals surface area contributed by atoms with Gasteiger partial charge in [-0.15, -0.1) is 0 Å². The minimum Gasteiger partial charge on any atom is -0.366 e.